The summed E-state index contributed by atoms with van der Waals surface area (Å²) in [6.45, 7) is 0.944. The van der Waals surface area contributed by atoms with Crippen molar-refractivity contribution < 1.29 is 9.59 Å². The van der Waals surface area contributed by atoms with Crippen molar-refractivity contribution in [3.63, 3.8) is 0 Å². The third kappa shape index (κ3) is 4.81. The lowest BCUT2D eigenvalue weighted by Gasteiger charge is -2.19. The lowest BCUT2D eigenvalue weighted by Crippen LogP contribution is -2.27. The Kier molecular flexibility index (Phi) is 6.69. The molecular weight excluding hydrogens is 430 g/mol. The maximum atomic E-state index is 12.9. The van der Waals surface area contributed by atoms with Crippen LogP contribution in [0.3, 0.4) is 0 Å². The molecule has 0 unspecified atom stereocenters. The smallest absolute Gasteiger partial charge is 0.220 e. The van der Waals surface area contributed by atoms with E-state index in [-0.39, 0.29) is 30.1 Å². The predicted molar refractivity (Wildman–Crippen MR) is 128 cm³/mol. The summed E-state index contributed by atoms with van der Waals surface area (Å²) in [6.07, 6.45) is 3.11. The number of allylic oxidation sites excluding steroid dienone is 1. The van der Waals surface area contributed by atoms with Crippen molar-refractivity contribution in [2.45, 2.75) is 25.9 Å². The van der Waals surface area contributed by atoms with E-state index in [1.54, 1.807) is 11.0 Å². The number of hydrogen-bond donors (Lipinski definition) is 1. The molecule has 1 N–H and O–H groups in total. The number of fused-ring (bicyclic) bond motifs is 1. The van der Waals surface area contributed by atoms with Gasteiger partial charge in [0.05, 0.1) is 17.9 Å². The van der Waals surface area contributed by atoms with Gasteiger partial charge in [0.2, 0.25) is 5.91 Å². The number of nitriles is 1. The van der Waals surface area contributed by atoms with Crippen molar-refractivity contribution in [1.29, 1.82) is 5.26 Å². The Hall–Kier alpha value is -4.45. The lowest BCUT2D eigenvalue weighted by atomic mass is 10.1. The molecule has 2 heterocycles. The Morgan fingerprint density at radius 2 is 1.71 bits per heavy atom. The molecule has 1 aromatic heterocycles. The highest BCUT2D eigenvalue weighted by molar-refractivity contribution is 6.03. The van der Waals surface area contributed by atoms with Crippen molar-refractivity contribution in [3.8, 4) is 6.07 Å². The number of anilines is 2. The SMILES string of the molecule is CN1C(=C(C#N)C(=O)CCC(=O)NCc2cccc(Cn3cncn3)c2)N(C)c2ccccc21. The first-order valence-electron chi connectivity index (χ1n) is 10.9. The largest absolute Gasteiger partial charge is 0.352 e. The van der Waals surface area contributed by atoms with Crippen LogP contribution in [0.1, 0.15) is 24.0 Å². The third-order valence-corrected chi connectivity index (χ3v) is 5.73. The molecule has 0 spiro atoms. The zero-order valence-electron chi connectivity index (χ0n) is 19.1. The number of carbonyl (C=O) groups excluding carboxylic acids is 2. The third-order valence-electron chi connectivity index (χ3n) is 5.73. The van der Waals surface area contributed by atoms with Gasteiger partial charge in [0.25, 0.3) is 0 Å². The second kappa shape index (κ2) is 10.0. The number of rotatable bonds is 8. The number of carbonyl (C=O) groups is 2. The van der Waals surface area contributed by atoms with E-state index in [1.165, 1.54) is 6.33 Å². The van der Waals surface area contributed by atoms with Crippen molar-refractivity contribution >= 4 is 23.1 Å². The quantitative estimate of drug-likeness (QED) is 0.411. The van der Waals surface area contributed by atoms with Crippen LogP contribution >= 0.6 is 0 Å². The summed E-state index contributed by atoms with van der Waals surface area (Å²) in [5, 5.41) is 16.7. The Labute approximate surface area is 197 Å². The second-order valence-electron chi connectivity index (χ2n) is 8.03. The van der Waals surface area contributed by atoms with Crippen LogP contribution in [-0.4, -0.2) is 40.6 Å². The van der Waals surface area contributed by atoms with Gasteiger partial charge in [-0.1, -0.05) is 36.4 Å². The molecule has 4 rings (SSSR count). The van der Waals surface area contributed by atoms with Crippen LogP contribution in [0, 0.1) is 11.3 Å². The number of amides is 1. The van der Waals surface area contributed by atoms with Gasteiger partial charge in [-0.25, -0.2) is 9.67 Å². The van der Waals surface area contributed by atoms with Gasteiger partial charge in [-0.15, -0.1) is 0 Å². The van der Waals surface area contributed by atoms with Crippen LogP contribution in [0.2, 0.25) is 0 Å². The average Bonchev–Trinajstić information content (AvgIpc) is 3.45. The van der Waals surface area contributed by atoms with Gasteiger partial charge in [-0.2, -0.15) is 10.4 Å². The lowest BCUT2D eigenvalue weighted by molar-refractivity contribution is -0.124. The Morgan fingerprint density at radius 1 is 1.00 bits per heavy atom. The molecule has 0 bridgehead atoms. The highest BCUT2D eigenvalue weighted by Gasteiger charge is 2.31. The van der Waals surface area contributed by atoms with Gasteiger partial charge in [0, 0.05) is 33.5 Å². The Balaban J connectivity index is 1.34. The fourth-order valence-electron chi connectivity index (χ4n) is 4.04. The monoisotopic (exact) mass is 455 g/mol. The second-order valence-corrected chi connectivity index (χ2v) is 8.03. The normalized spacial score (nSPS) is 12.3. The number of para-hydroxylation sites is 2. The average molecular weight is 456 g/mol. The number of benzene rings is 2. The molecule has 9 nitrogen and oxygen atoms in total. The summed E-state index contributed by atoms with van der Waals surface area (Å²) in [4.78, 5) is 32.8. The number of nitrogens with zero attached hydrogens (tertiary/aromatic N) is 6. The van der Waals surface area contributed by atoms with Crippen LogP contribution in [0.15, 0.2) is 72.6 Å². The fourth-order valence-corrected chi connectivity index (χ4v) is 4.04. The van der Waals surface area contributed by atoms with Crippen LogP contribution in [-0.2, 0) is 22.7 Å². The molecular formula is C25H25N7O2. The zero-order chi connectivity index (χ0) is 24.1. The van der Waals surface area contributed by atoms with Crippen molar-refractivity contribution in [3.05, 3.63) is 83.7 Å². The molecule has 1 aliphatic heterocycles. The number of Topliss-reactive ketones (excluding diaryl/α,β-unsaturated/α-hetero) is 1. The van der Waals surface area contributed by atoms with Gasteiger partial charge in [-0.3, -0.25) is 9.59 Å². The topological polar surface area (TPSA) is 107 Å². The number of ketones is 1. The minimum absolute atomic E-state index is 0.0102. The summed E-state index contributed by atoms with van der Waals surface area (Å²) in [7, 11) is 3.65. The highest BCUT2D eigenvalue weighted by Crippen LogP contribution is 2.40. The van der Waals surface area contributed by atoms with E-state index in [2.05, 4.69) is 15.4 Å². The number of aromatic nitrogens is 3. The minimum atomic E-state index is -0.353. The first-order chi connectivity index (χ1) is 16.5. The van der Waals surface area contributed by atoms with E-state index >= 15 is 0 Å². The zero-order valence-corrected chi connectivity index (χ0v) is 19.1. The molecule has 2 aromatic carbocycles. The van der Waals surface area contributed by atoms with Crippen LogP contribution in [0.25, 0.3) is 0 Å². The van der Waals surface area contributed by atoms with Crippen molar-refractivity contribution in [2.24, 2.45) is 0 Å². The van der Waals surface area contributed by atoms with Crippen molar-refractivity contribution in [2.75, 3.05) is 23.9 Å². The molecule has 0 fully saturated rings. The molecule has 0 saturated heterocycles. The minimum Gasteiger partial charge on any atom is -0.352 e. The Bertz CT molecular complexity index is 1240. The summed E-state index contributed by atoms with van der Waals surface area (Å²) < 4.78 is 1.72. The van der Waals surface area contributed by atoms with E-state index in [1.807, 2.05) is 78.5 Å². The molecule has 0 saturated carbocycles. The molecule has 34 heavy (non-hydrogen) atoms. The van der Waals surface area contributed by atoms with E-state index in [0.717, 1.165) is 22.5 Å². The number of nitrogens with one attached hydrogen (secondary N) is 1. The maximum Gasteiger partial charge on any atom is 0.220 e. The first kappa shape index (κ1) is 22.7. The maximum absolute atomic E-state index is 12.9. The van der Waals surface area contributed by atoms with Gasteiger partial charge < -0.3 is 15.1 Å². The fraction of sp³-hybridized carbons (Fsp3) is 0.240. The summed E-state index contributed by atoms with van der Waals surface area (Å²) in [5.74, 6) is -0.0685. The molecule has 172 valence electrons. The van der Waals surface area contributed by atoms with Crippen LogP contribution in [0.5, 0.6) is 0 Å². The molecule has 0 atom stereocenters. The molecule has 0 aliphatic carbocycles. The van der Waals surface area contributed by atoms with Gasteiger partial charge in [-0.05, 0) is 23.3 Å². The summed E-state index contributed by atoms with van der Waals surface area (Å²) in [6, 6.07) is 17.6. The van der Waals surface area contributed by atoms with E-state index < -0.39 is 0 Å². The predicted octanol–water partition coefficient (Wildman–Crippen LogP) is 2.61. The van der Waals surface area contributed by atoms with E-state index in [9.17, 15) is 14.9 Å². The molecule has 3 aromatic rings. The van der Waals surface area contributed by atoms with Crippen molar-refractivity contribution in [1.82, 2.24) is 20.1 Å². The van der Waals surface area contributed by atoms with Crippen LogP contribution in [0.4, 0.5) is 11.4 Å². The van der Waals surface area contributed by atoms with Gasteiger partial charge in [0.15, 0.2) is 5.78 Å². The summed E-state index contributed by atoms with van der Waals surface area (Å²) >= 11 is 0. The standard InChI is InChI=1S/C25H25N7O2/c1-30-21-8-3-4-9-22(21)31(2)25(30)20(13-26)23(33)10-11-24(34)28-14-18-6-5-7-19(12-18)15-32-17-27-16-29-32/h3-9,12,16-17H,10-11,14-15H2,1-2H3,(H,28,34). The number of hydrogen-bond acceptors (Lipinski definition) is 7. The van der Waals surface area contributed by atoms with E-state index in [0.29, 0.717) is 18.9 Å². The molecule has 0 radical (unpaired) electrons. The Morgan fingerprint density at radius 3 is 2.35 bits per heavy atom. The molecule has 1 amide bonds. The molecule has 1 aliphatic rings. The summed E-state index contributed by atoms with van der Waals surface area (Å²) in [5.41, 5.74) is 3.89. The van der Waals surface area contributed by atoms with Gasteiger partial charge >= 0.3 is 0 Å². The van der Waals surface area contributed by atoms with E-state index in [4.69, 9.17) is 0 Å². The molecule has 9 heteroatoms. The van der Waals surface area contributed by atoms with Crippen LogP contribution < -0.4 is 15.1 Å². The van der Waals surface area contributed by atoms with Gasteiger partial charge in [0.1, 0.15) is 30.1 Å². The highest BCUT2D eigenvalue weighted by atomic mass is 16.2. The first-order valence-corrected chi connectivity index (χ1v) is 10.9.